The molecule has 0 amide bonds. The van der Waals surface area contributed by atoms with E-state index < -0.39 is 22.0 Å². The van der Waals surface area contributed by atoms with Crippen LogP contribution in [-0.2, 0) is 26.2 Å². The molecule has 182 valence electrons. The summed E-state index contributed by atoms with van der Waals surface area (Å²) in [5.74, 6) is 0.251. The van der Waals surface area contributed by atoms with E-state index in [4.69, 9.17) is 9.47 Å². The summed E-state index contributed by atoms with van der Waals surface area (Å²) in [4.78, 5) is 13.4. The van der Waals surface area contributed by atoms with Crippen LogP contribution in [0.3, 0.4) is 0 Å². The second-order valence-corrected chi connectivity index (χ2v) is 10.6. The first-order valence-corrected chi connectivity index (χ1v) is 13.0. The Kier molecular flexibility index (Phi) is 10.4. The highest BCUT2D eigenvalue weighted by molar-refractivity contribution is 7.89. The largest absolute Gasteiger partial charge is 0.497 e. The highest BCUT2D eigenvalue weighted by Gasteiger charge is 2.37. The summed E-state index contributed by atoms with van der Waals surface area (Å²) in [6.07, 6.45) is 3.06. The minimum atomic E-state index is -3.87. The van der Waals surface area contributed by atoms with Gasteiger partial charge in [-0.3, -0.25) is 4.79 Å². The van der Waals surface area contributed by atoms with Gasteiger partial charge in [-0.05, 0) is 49.1 Å². The van der Waals surface area contributed by atoms with Crippen LogP contribution in [0.2, 0.25) is 0 Å². The zero-order valence-corrected chi connectivity index (χ0v) is 21.2. The number of aryl methyl sites for hydroxylation is 1. The van der Waals surface area contributed by atoms with E-state index in [0.717, 1.165) is 36.1 Å². The van der Waals surface area contributed by atoms with Gasteiger partial charge >= 0.3 is 5.97 Å². The molecule has 33 heavy (non-hydrogen) atoms. The number of unbranched alkanes of at least 4 members (excludes halogenated alkanes) is 2. The molecule has 2 aromatic carbocycles. The van der Waals surface area contributed by atoms with E-state index in [-0.39, 0.29) is 24.0 Å². The highest BCUT2D eigenvalue weighted by Crippen LogP contribution is 2.24. The Balaban J connectivity index is 2.31. The van der Waals surface area contributed by atoms with E-state index in [1.54, 1.807) is 43.5 Å². The third kappa shape index (κ3) is 7.86. The van der Waals surface area contributed by atoms with Crippen LogP contribution in [0.15, 0.2) is 53.4 Å². The molecule has 0 bridgehead atoms. The molecule has 6 nitrogen and oxygen atoms in total. The van der Waals surface area contributed by atoms with Gasteiger partial charge in [-0.25, -0.2) is 8.42 Å². The van der Waals surface area contributed by atoms with E-state index in [1.807, 2.05) is 32.9 Å². The molecule has 0 spiro atoms. The van der Waals surface area contributed by atoms with Crippen molar-refractivity contribution in [3.05, 3.63) is 59.7 Å². The van der Waals surface area contributed by atoms with Gasteiger partial charge in [-0.1, -0.05) is 69.9 Å². The van der Waals surface area contributed by atoms with Crippen LogP contribution in [0.25, 0.3) is 0 Å². The first kappa shape index (κ1) is 26.9. The zero-order chi connectivity index (χ0) is 24.4. The van der Waals surface area contributed by atoms with Gasteiger partial charge in [0.15, 0.2) is 0 Å². The molecule has 1 atom stereocenters. The van der Waals surface area contributed by atoms with E-state index in [9.17, 15) is 13.2 Å². The normalized spacial score (nSPS) is 12.7. The van der Waals surface area contributed by atoms with Gasteiger partial charge in [-0.15, -0.1) is 0 Å². The van der Waals surface area contributed by atoms with Crippen molar-refractivity contribution in [1.29, 1.82) is 0 Å². The molecule has 0 heterocycles. The first-order valence-electron chi connectivity index (χ1n) is 11.6. The number of rotatable bonds is 13. The molecular weight excluding hydrogens is 438 g/mol. The summed E-state index contributed by atoms with van der Waals surface area (Å²) in [7, 11) is -2.28. The second kappa shape index (κ2) is 12.8. The van der Waals surface area contributed by atoms with Crippen LogP contribution in [-0.4, -0.2) is 38.4 Å². The molecule has 0 aromatic heterocycles. The summed E-state index contributed by atoms with van der Waals surface area (Å²) in [5.41, 5.74) is 1.79. The van der Waals surface area contributed by atoms with Crippen molar-refractivity contribution in [1.82, 2.24) is 4.31 Å². The standard InChI is InChI=1S/C26H37NO5S/c1-6-7-8-9-25(26(28)32-19-22-12-14-23(31-5)15-13-22)27(18-20(2)3)33(29,30)24-16-10-21(4)11-17-24/h10-17,20,25H,6-9,18-19H2,1-5H3/t25-/m0/s1. The third-order valence-corrected chi connectivity index (χ3v) is 7.30. The molecule has 0 radical (unpaired) electrons. The summed E-state index contributed by atoms with van der Waals surface area (Å²) in [6.45, 7) is 8.20. The van der Waals surface area contributed by atoms with Crippen LogP contribution in [0.5, 0.6) is 5.75 Å². The number of benzene rings is 2. The first-order chi connectivity index (χ1) is 15.7. The minimum Gasteiger partial charge on any atom is -0.497 e. The highest BCUT2D eigenvalue weighted by atomic mass is 32.2. The van der Waals surface area contributed by atoms with Crippen molar-refractivity contribution in [2.24, 2.45) is 5.92 Å². The fraction of sp³-hybridized carbons (Fsp3) is 0.500. The molecule has 0 aliphatic rings. The van der Waals surface area contributed by atoms with Gasteiger partial charge in [-0.2, -0.15) is 4.31 Å². The molecule has 2 rings (SSSR count). The monoisotopic (exact) mass is 475 g/mol. The van der Waals surface area contributed by atoms with E-state index in [2.05, 4.69) is 6.92 Å². The minimum absolute atomic E-state index is 0.0493. The van der Waals surface area contributed by atoms with Crippen molar-refractivity contribution in [2.75, 3.05) is 13.7 Å². The van der Waals surface area contributed by atoms with Crippen LogP contribution in [0, 0.1) is 12.8 Å². The maximum absolute atomic E-state index is 13.6. The fourth-order valence-corrected chi connectivity index (χ4v) is 5.31. The molecule has 0 N–H and O–H groups in total. The van der Waals surface area contributed by atoms with Gasteiger partial charge in [0.1, 0.15) is 18.4 Å². The Morgan fingerprint density at radius 3 is 2.18 bits per heavy atom. The smallest absolute Gasteiger partial charge is 0.324 e. The Morgan fingerprint density at radius 2 is 1.64 bits per heavy atom. The number of nitrogens with zero attached hydrogens (tertiary/aromatic N) is 1. The lowest BCUT2D eigenvalue weighted by atomic mass is 10.1. The Morgan fingerprint density at radius 1 is 1.00 bits per heavy atom. The maximum atomic E-state index is 13.6. The Hall–Kier alpha value is -2.38. The molecule has 7 heteroatoms. The number of hydrogen-bond donors (Lipinski definition) is 0. The van der Waals surface area contributed by atoms with Crippen LogP contribution in [0.4, 0.5) is 0 Å². The lowest BCUT2D eigenvalue weighted by Gasteiger charge is -2.31. The number of hydrogen-bond acceptors (Lipinski definition) is 5. The van der Waals surface area contributed by atoms with Crippen LogP contribution < -0.4 is 4.74 Å². The van der Waals surface area contributed by atoms with Crippen molar-refractivity contribution >= 4 is 16.0 Å². The molecule has 0 saturated carbocycles. The van der Waals surface area contributed by atoms with Crippen molar-refractivity contribution in [3.63, 3.8) is 0 Å². The number of sulfonamides is 1. The SMILES string of the molecule is CCCCC[C@@H](C(=O)OCc1ccc(OC)cc1)N(CC(C)C)S(=O)(=O)c1ccc(C)cc1. The molecule has 0 aliphatic carbocycles. The van der Waals surface area contributed by atoms with Gasteiger partial charge in [0, 0.05) is 6.54 Å². The number of ether oxygens (including phenoxy) is 2. The lowest BCUT2D eigenvalue weighted by molar-refractivity contribution is -0.150. The van der Waals surface area contributed by atoms with E-state index >= 15 is 0 Å². The molecule has 0 aliphatic heterocycles. The van der Waals surface area contributed by atoms with Gasteiger partial charge < -0.3 is 9.47 Å². The summed E-state index contributed by atoms with van der Waals surface area (Å²) in [6, 6.07) is 13.1. The molecular formula is C26H37NO5S. The summed E-state index contributed by atoms with van der Waals surface area (Å²) in [5, 5.41) is 0. The number of esters is 1. The maximum Gasteiger partial charge on any atom is 0.324 e. The molecule has 2 aromatic rings. The van der Waals surface area contributed by atoms with Gasteiger partial charge in [0.25, 0.3) is 0 Å². The van der Waals surface area contributed by atoms with Gasteiger partial charge in [0.2, 0.25) is 10.0 Å². The third-order valence-electron chi connectivity index (χ3n) is 5.41. The predicted molar refractivity (Wildman–Crippen MR) is 131 cm³/mol. The summed E-state index contributed by atoms with van der Waals surface area (Å²) < 4.78 is 39.3. The van der Waals surface area contributed by atoms with Gasteiger partial charge in [0.05, 0.1) is 12.0 Å². The Bertz CT molecular complexity index is 969. The van der Waals surface area contributed by atoms with Crippen LogP contribution >= 0.6 is 0 Å². The second-order valence-electron chi connectivity index (χ2n) is 8.75. The Labute approximate surface area is 199 Å². The average Bonchev–Trinajstić information content (AvgIpc) is 2.79. The lowest BCUT2D eigenvalue weighted by Crippen LogP contribution is -2.47. The number of carbonyl (C=O) groups is 1. The van der Waals surface area contributed by atoms with E-state index in [0.29, 0.717) is 6.42 Å². The summed E-state index contributed by atoms with van der Waals surface area (Å²) >= 11 is 0. The zero-order valence-electron chi connectivity index (χ0n) is 20.4. The predicted octanol–water partition coefficient (Wildman–Crippen LogP) is 5.34. The number of methoxy groups -OCH3 is 1. The van der Waals surface area contributed by atoms with Crippen molar-refractivity contribution in [3.8, 4) is 5.75 Å². The fourth-order valence-electron chi connectivity index (χ4n) is 3.54. The van der Waals surface area contributed by atoms with Crippen LogP contribution in [0.1, 0.15) is 57.6 Å². The molecule has 0 unspecified atom stereocenters. The number of carbonyl (C=O) groups excluding carboxylic acids is 1. The van der Waals surface area contributed by atoms with Crippen molar-refractivity contribution < 1.29 is 22.7 Å². The topological polar surface area (TPSA) is 72.9 Å². The molecule has 0 fully saturated rings. The quantitative estimate of drug-likeness (QED) is 0.289. The average molecular weight is 476 g/mol. The van der Waals surface area contributed by atoms with Crippen molar-refractivity contribution in [2.45, 2.75) is 70.9 Å². The van der Waals surface area contributed by atoms with E-state index in [1.165, 1.54) is 4.31 Å². The molecule has 0 saturated heterocycles.